The summed E-state index contributed by atoms with van der Waals surface area (Å²) in [7, 11) is 0. The molecule has 7 heteroatoms. The van der Waals surface area contributed by atoms with Gasteiger partial charge in [0, 0.05) is 55.8 Å². The maximum atomic E-state index is 12.6. The average Bonchev–Trinajstić information content (AvgIpc) is 3.28. The van der Waals surface area contributed by atoms with Gasteiger partial charge in [-0.1, -0.05) is 19.3 Å². The van der Waals surface area contributed by atoms with Crippen LogP contribution in [0.3, 0.4) is 0 Å². The smallest absolute Gasteiger partial charge is 0.272 e. The molecule has 25 heavy (non-hydrogen) atoms. The predicted molar refractivity (Wildman–Crippen MR) is 93.0 cm³/mol. The first kappa shape index (κ1) is 16.6. The molecule has 136 valence electrons. The molecule has 2 fully saturated rings. The molecule has 1 saturated heterocycles. The van der Waals surface area contributed by atoms with Crippen molar-refractivity contribution in [1.82, 2.24) is 25.7 Å². The second-order valence-corrected chi connectivity index (χ2v) is 7.53. The molecule has 4 rings (SSSR count). The minimum absolute atomic E-state index is 0.0314. The van der Waals surface area contributed by atoms with E-state index in [0.717, 1.165) is 50.0 Å². The molecule has 1 atom stereocenters. The van der Waals surface area contributed by atoms with Crippen molar-refractivity contribution >= 4 is 11.8 Å². The fourth-order valence-electron chi connectivity index (χ4n) is 4.35. The van der Waals surface area contributed by atoms with Crippen molar-refractivity contribution in [3.05, 3.63) is 17.0 Å². The maximum absolute atomic E-state index is 12.6. The molecule has 2 aliphatic heterocycles. The number of aromatic nitrogens is 2. The van der Waals surface area contributed by atoms with E-state index in [2.05, 4.69) is 20.8 Å². The van der Waals surface area contributed by atoms with E-state index in [-0.39, 0.29) is 23.8 Å². The molecule has 1 aromatic heterocycles. The van der Waals surface area contributed by atoms with Gasteiger partial charge in [0.05, 0.1) is 0 Å². The molecule has 2 amide bonds. The van der Waals surface area contributed by atoms with E-state index in [1.54, 1.807) is 0 Å². The van der Waals surface area contributed by atoms with Gasteiger partial charge < -0.3 is 15.5 Å². The second-order valence-electron chi connectivity index (χ2n) is 7.53. The number of carbonyl (C=O) groups excluding carboxylic acids is 2. The molecule has 3 aliphatic rings. The van der Waals surface area contributed by atoms with E-state index in [9.17, 15) is 9.59 Å². The van der Waals surface area contributed by atoms with Crippen LogP contribution in [-0.4, -0.2) is 52.6 Å². The van der Waals surface area contributed by atoms with Crippen LogP contribution < -0.4 is 10.6 Å². The van der Waals surface area contributed by atoms with Gasteiger partial charge in [-0.2, -0.15) is 5.10 Å². The third kappa shape index (κ3) is 3.42. The van der Waals surface area contributed by atoms with Crippen molar-refractivity contribution in [3.63, 3.8) is 0 Å². The predicted octanol–water partition coefficient (Wildman–Crippen LogP) is 0.966. The van der Waals surface area contributed by atoms with Gasteiger partial charge in [-0.25, -0.2) is 0 Å². The molecule has 1 aromatic rings. The molecule has 3 N–H and O–H groups in total. The van der Waals surface area contributed by atoms with Crippen LogP contribution in [-0.2, 0) is 17.8 Å². The van der Waals surface area contributed by atoms with Crippen molar-refractivity contribution in [1.29, 1.82) is 0 Å². The second kappa shape index (κ2) is 7.15. The molecule has 1 unspecified atom stereocenters. The summed E-state index contributed by atoms with van der Waals surface area (Å²) in [6.07, 6.45) is 7.35. The van der Waals surface area contributed by atoms with Gasteiger partial charge in [0.25, 0.3) is 5.91 Å². The Balaban J connectivity index is 1.34. The SMILES string of the molecule is O=C(NC1CCN(C(=O)C2CCCCC2)C1)c1n[nH]c2c1CNCC2. The number of hydrogen-bond acceptors (Lipinski definition) is 4. The summed E-state index contributed by atoms with van der Waals surface area (Å²) < 4.78 is 0. The lowest BCUT2D eigenvalue weighted by atomic mass is 9.88. The van der Waals surface area contributed by atoms with Crippen LogP contribution in [0.5, 0.6) is 0 Å². The Kier molecular flexibility index (Phi) is 4.74. The van der Waals surface area contributed by atoms with Gasteiger partial charge in [0.1, 0.15) is 0 Å². The van der Waals surface area contributed by atoms with Gasteiger partial charge in [0.2, 0.25) is 5.91 Å². The Hall–Kier alpha value is -1.89. The Morgan fingerprint density at radius 1 is 1.16 bits per heavy atom. The average molecular weight is 345 g/mol. The lowest BCUT2D eigenvalue weighted by Crippen LogP contribution is -2.41. The minimum Gasteiger partial charge on any atom is -0.346 e. The molecular formula is C18H27N5O2. The zero-order valence-corrected chi connectivity index (χ0v) is 14.6. The number of fused-ring (bicyclic) bond motifs is 1. The number of carbonyl (C=O) groups is 2. The summed E-state index contributed by atoms with van der Waals surface area (Å²) in [5.41, 5.74) is 2.54. The zero-order valence-electron chi connectivity index (χ0n) is 14.6. The van der Waals surface area contributed by atoms with E-state index in [4.69, 9.17) is 0 Å². The number of nitrogens with zero attached hydrogens (tertiary/aromatic N) is 2. The first-order valence-corrected chi connectivity index (χ1v) is 9.59. The molecule has 0 radical (unpaired) electrons. The summed E-state index contributed by atoms with van der Waals surface area (Å²) >= 11 is 0. The molecule has 1 saturated carbocycles. The number of rotatable bonds is 3. The monoisotopic (exact) mass is 345 g/mol. The number of aromatic amines is 1. The summed E-state index contributed by atoms with van der Waals surface area (Å²) in [5, 5.41) is 13.6. The van der Waals surface area contributed by atoms with Crippen molar-refractivity contribution < 1.29 is 9.59 Å². The lowest BCUT2D eigenvalue weighted by Gasteiger charge is -2.26. The van der Waals surface area contributed by atoms with Gasteiger partial charge in [-0.05, 0) is 19.3 Å². The minimum atomic E-state index is -0.127. The Morgan fingerprint density at radius 2 is 2.00 bits per heavy atom. The van der Waals surface area contributed by atoms with E-state index < -0.39 is 0 Å². The highest BCUT2D eigenvalue weighted by Crippen LogP contribution is 2.27. The van der Waals surface area contributed by atoms with Crippen LogP contribution in [0.15, 0.2) is 0 Å². The number of nitrogens with one attached hydrogen (secondary N) is 3. The van der Waals surface area contributed by atoms with Gasteiger partial charge in [-0.15, -0.1) is 0 Å². The van der Waals surface area contributed by atoms with Crippen LogP contribution in [0, 0.1) is 5.92 Å². The van der Waals surface area contributed by atoms with Crippen LogP contribution in [0.1, 0.15) is 60.3 Å². The first-order valence-electron chi connectivity index (χ1n) is 9.59. The number of H-pyrrole nitrogens is 1. The van der Waals surface area contributed by atoms with E-state index >= 15 is 0 Å². The Labute approximate surface area is 147 Å². The fraction of sp³-hybridized carbons (Fsp3) is 0.722. The number of likely N-dealkylation sites (tertiary alicyclic amines) is 1. The van der Waals surface area contributed by atoms with Crippen LogP contribution >= 0.6 is 0 Å². The van der Waals surface area contributed by atoms with Crippen LogP contribution in [0.2, 0.25) is 0 Å². The van der Waals surface area contributed by atoms with Crippen molar-refractivity contribution in [2.24, 2.45) is 5.92 Å². The summed E-state index contributed by atoms with van der Waals surface area (Å²) in [6.45, 7) is 2.98. The van der Waals surface area contributed by atoms with Gasteiger partial charge >= 0.3 is 0 Å². The normalized spacial score (nSPS) is 24.2. The third-order valence-corrected chi connectivity index (χ3v) is 5.81. The van der Waals surface area contributed by atoms with Gasteiger partial charge in [0.15, 0.2) is 5.69 Å². The van der Waals surface area contributed by atoms with Crippen LogP contribution in [0.4, 0.5) is 0 Å². The van der Waals surface area contributed by atoms with E-state index in [0.29, 0.717) is 18.8 Å². The largest absolute Gasteiger partial charge is 0.346 e. The molecule has 0 spiro atoms. The molecular weight excluding hydrogens is 318 g/mol. The van der Waals surface area contributed by atoms with E-state index in [1.165, 1.54) is 19.3 Å². The highest BCUT2D eigenvalue weighted by atomic mass is 16.2. The number of hydrogen-bond donors (Lipinski definition) is 3. The number of amides is 2. The van der Waals surface area contributed by atoms with Crippen LogP contribution in [0.25, 0.3) is 0 Å². The highest BCUT2D eigenvalue weighted by molar-refractivity contribution is 5.94. The van der Waals surface area contributed by atoms with Crippen molar-refractivity contribution in [2.45, 2.75) is 57.5 Å². The van der Waals surface area contributed by atoms with Crippen molar-refractivity contribution in [3.8, 4) is 0 Å². The molecule has 0 aromatic carbocycles. The van der Waals surface area contributed by atoms with Gasteiger partial charge in [-0.3, -0.25) is 14.7 Å². The summed E-state index contributed by atoms with van der Waals surface area (Å²) in [4.78, 5) is 27.2. The topological polar surface area (TPSA) is 90.1 Å². The van der Waals surface area contributed by atoms with E-state index in [1.807, 2.05) is 4.90 Å². The maximum Gasteiger partial charge on any atom is 0.272 e. The van der Waals surface area contributed by atoms with Crippen molar-refractivity contribution in [2.75, 3.05) is 19.6 Å². The first-order chi connectivity index (χ1) is 12.2. The Bertz CT molecular complexity index is 650. The lowest BCUT2D eigenvalue weighted by molar-refractivity contribution is -0.135. The molecule has 0 bridgehead atoms. The molecule has 3 heterocycles. The molecule has 1 aliphatic carbocycles. The standard InChI is InChI=1S/C18H27N5O2/c24-17(16-14-10-19-8-6-15(14)21-22-16)20-13-7-9-23(11-13)18(25)12-4-2-1-3-5-12/h12-13,19H,1-11H2,(H,20,24)(H,21,22). The summed E-state index contributed by atoms with van der Waals surface area (Å²) in [6, 6.07) is 0.0314. The fourth-order valence-corrected chi connectivity index (χ4v) is 4.35. The third-order valence-electron chi connectivity index (χ3n) is 5.81. The Morgan fingerprint density at radius 3 is 2.84 bits per heavy atom. The quantitative estimate of drug-likeness (QED) is 0.761. The summed E-state index contributed by atoms with van der Waals surface area (Å²) in [5.74, 6) is 0.364. The highest BCUT2D eigenvalue weighted by Gasteiger charge is 2.33. The molecule has 7 nitrogen and oxygen atoms in total. The zero-order chi connectivity index (χ0) is 17.2.